The Labute approximate surface area is 322 Å². The lowest BCUT2D eigenvalue weighted by Gasteiger charge is -2.12. The van der Waals surface area contributed by atoms with Gasteiger partial charge in [-0.25, -0.2) is 15.0 Å². The van der Waals surface area contributed by atoms with Crippen LogP contribution in [0.15, 0.2) is 197 Å². The van der Waals surface area contributed by atoms with Gasteiger partial charge in [0.15, 0.2) is 17.5 Å². The SMILES string of the molecule is c1ccc(-c2cc(-c3ccccc3)cc(-c3nc(-c4ccc5c(c4)oc4ccc(-c6ccccc6)cc45)nc(-c4cccc5c4oc4ccccc45)n3)c2)cc1. The van der Waals surface area contributed by atoms with Crippen molar-refractivity contribution in [3.8, 4) is 67.5 Å². The zero-order valence-corrected chi connectivity index (χ0v) is 30.1. The zero-order chi connectivity index (χ0) is 37.0. The topological polar surface area (TPSA) is 65.0 Å². The molecule has 0 atom stereocenters. The first-order chi connectivity index (χ1) is 27.7. The molecule has 0 aliphatic heterocycles. The summed E-state index contributed by atoms with van der Waals surface area (Å²) in [6.07, 6.45) is 0. The van der Waals surface area contributed by atoms with E-state index in [4.69, 9.17) is 23.8 Å². The Bertz CT molecular complexity index is 3180. The molecule has 0 aliphatic carbocycles. The summed E-state index contributed by atoms with van der Waals surface area (Å²) in [5, 5.41) is 4.16. The number of para-hydroxylation sites is 2. The molecule has 0 bridgehead atoms. The number of hydrogen-bond donors (Lipinski definition) is 0. The minimum atomic E-state index is 0.526. The fraction of sp³-hybridized carbons (Fsp3) is 0. The van der Waals surface area contributed by atoms with Crippen molar-refractivity contribution in [3.63, 3.8) is 0 Å². The van der Waals surface area contributed by atoms with Gasteiger partial charge in [-0.1, -0.05) is 133 Å². The number of benzene rings is 8. The quantitative estimate of drug-likeness (QED) is 0.171. The summed E-state index contributed by atoms with van der Waals surface area (Å²) in [4.78, 5) is 15.6. The van der Waals surface area contributed by atoms with Crippen LogP contribution in [0.4, 0.5) is 0 Å². The molecule has 5 nitrogen and oxygen atoms in total. The fourth-order valence-electron chi connectivity index (χ4n) is 7.76. The Morgan fingerprint density at radius 1 is 0.268 bits per heavy atom. The summed E-state index contributed by atoms with van der Waals surface area (Å²) in [6.45, 7) is 0. The Balaban J connectivity index is 1.13. The minimum Gasteiger partial charge on any atom is -0.456 e. The van der Waals surface area contributed by atoms with Crippen molar-refractivity contribution in [1.29, 1.82) is 0 Å². The van der Waals surface area contributed by atoms with Crippen LogP contribution < -0.4 is 0 Å². The Morgan fingerprint density at radius 2 is 0.804 bits per heavy atom. The maximum atomic E-state index is 6.50. The Kier molecular flexibility index (Phi) is 7.42. The van der Waals surface area contributed by atoms with E-state index in [0.717, 1.165) is 93.9 Å². The van der Waals surface area contributed by atoms with Crippen LogP contribution in [-0.2, 0) is 0 Å². The van der Waals surface area contributed by atoms with E-state index in [1.165, 1.54) is 0 Å². The van der Waals surface area contributed by atoms with Crippen LogP contribution in [-0.4, -0.2) is 15.0 Å². The first-order valence-electron chi connectivity index (χ1n) is 18.7. The fourth-order valence-corrected chi connectivity index (χ4v) is 7.76. The van der Waals surface area contributed by atoms with Crippen LogP contribution in [0, 0.1) is 0 Å². The molecule has 5 heteroatoms. The van der Waals surface area contributed by atoms with Gasteiger partial charge in [0.2, 0.25) is 0 Å². The molecular formula is C51H31N3O2. The van der Waals surface area contributed by atoms with Crippen LogP contribution in [0.5, 0.6) is 0 Å². The van der Waals surface area contributed by atoms with Crippen molar-refractivity contribution in [1.82, 2.24) is 15.0 Å². The summed E-state index contributed by atoms with van der Waals surface area (Å²) >= 11 is 0. The van der Waals surface area contributed by atoms with Crippen LogP contribution in [0.25, 0.3) is 111 Å². The molecule has 3 aromatic heterocycles. The van der Waals surface area contributed by atoms with Crippen molar-refractivity contribution in [2.75, 3.05) is 0 Å². The molecule has 0 unspecified atom stereocenters. The Hall–Kier alpha value is -7.63. The van der Waals surface area contributed by atoms with E-state index in [1.807, 2.05) is 54.6 Å². The number of rotatable bonds is 6. The predicted octanol–water partition coefficient (Wildman–Crippen LogP) is 13.7. The predicted molar refractivity (Wildman–Crippen MR) is 227 cm³/mol. The van der Waals surface area contributed by atoms with E-state index in [0.29, 0.717) is 17.5 Å². The van der Waals surface area contributed by atoms with Crippen molar-refractivity contribution in [3.05, 3.63) is 188 Å². The van der Waals surface area contributed by atoms with Gasteiger partial charge in [0.05, 0.1) is 5.56 Å². The molecule has 0 radical (unpaired) electrons. The lowest BCUT2D eigenvalue weighted by molar-refractivity contribution is 0.668. The van der Waals surface area contributed by atoms with Gasteiger partial charge in [-0.15, -0.1) is 0 Å². The van der Waals surface area contributed by atoms with Gasteiger partial charge in [-0.05, 0) is 88.0 Å². The third-order valence-corrected chi connectivity index (χ3v) is 10.5. The van der Waals surface area contributed by atoms with E-state index < -0.39 is 0 Å². The van der Waals surface area contributed by atoms with E-state index in [2.05, 4.69) is 133 Å². The van der Waals surface area contributed by atoms with Gasteiger partial charge in [-0.2, -0.15) is 0 Å². The third-order valence-electron chi connectivity index (χ3n) is 10.5. The largest absolute Gasteiger partial charge is 0.456 e. The zero-order valence-electron chi connectivity index (χ0n) is 30.1. The highest BCUT2D eigenvalue weighted by Crippen LogP contribution is 2.39. The molecule has 3 heterocycles. The van der Waals surface area contributed by atoms with E-state index in [-0.39, 0.29) is 0 Å². The summed E-state index contributed by atoms with van der Waals surface area (Å²) in [5.41, 5.74) is 12.3. The average Bonchev–Trinajstić information content (AvgIpc) is 3.85. The van der Waals surface area contributed by atoms with Crippen LogP contribution in [0.3, 0.4) is 0 Å². The lowest BCUT2D eigenvalue weighted by Crippen LogP contribution is -2.01. The molecule has 0 aliphatic rings. The van der Waals surface area contributed by atoms with Crippen LogP contribution in [0.2, 0.25) is 0 Å². The van der Waals surface area contributed by atoms with Crippen molar-refractivity contribution < 1.29 is 8.83 Å². The van der Waals surface area contributed by atoms with Gasteiger partial charge in [0.1, 0.15) is 22.3 Å². The molecule has 0 N–H and O–H groups in total. The Morgan fingerprint density at radius 3 is 1.52 bits per heavy atom. The highest BCUT2D eigenvalue weighted by molar-refractivity contribution is 6.09. The molecular weight excluding hydrogens is 687 g/mol. The summed E-state index contributed by atoms with van der Waals surface area (Å²) in [7, 11) is 0. The minimum absolute atomic E-state index is 0.526. The monoisotopic (exact) mass is 717 g/mol. The summed E-state index contributed by atoms with van der Waals surface area (Å²) in [5.74, 6) is 1.63. The lowest BCUT2D eigenvalue weighted by atomic mass is 9.96. The molecule has 11 aromatic rings. The normalized spacial score (nSPS) is 11.6. The molecule has 0 amide bonds. The molecule has 8 aromatic carbocycles. The smallest absolute Gasteiger partial charge is 0.167 e. The molecule has 56 heavy (non-hydrogen) atoms. The molecule has 0 saturated carbocycles. The number of hydrogen-bond acceptors (Lipinski definition) is 5. The van der Waals surface area contributed by atoms with Gasteiger partial charge in [0.25, 0.3) is 0 Å². The molecule has 0 fully saturated rings. The van der Waals surface area contributed by atoms with Crippen molar-refractivity contribution in [2.24, 2.45) is 0 Å². The number of aromatic nitrogens is 3. The van der Waals surface area contributed by atoms with E-state index in [1.54, 1.807) is 0 Å². The van der Waals surface area contributed by atoms with Crippen molar-refractivity contribution >= 4 is 43.9 Å². The van der Waals surface area contributed by atoms with Gasteiger partial charge >= 0.3 is 0 Å². The maximum absolute atomic E-state index is 6.50. The van der Waals surface area contributed by atoms with Gasteiger partial charge in [0, 0.05) is 32.7 Å². The summed E-state index contributed by atoms with van der Waals surface area (Å²) in [6, 6.07) is 64.7. The van der Waals surface area contributed by atoms with E-state index in [9.17, 15) is 0 Å². The second-order valence-electron chi connectivity index (χ2n) is 14.0. The molecule has 0 spiro atoms. The first-order valence-corrected chi connectivity index (χ1v) is 18.7. The summed E-state index contributed by atoms with van der Waals surface area (Å²) < 4.78 is 13.0. The maximum Gasteiger partial charge on any atom is 0.167 e. The second-order valence-corrected chi connectivity index (χ2v) is 14.0. The first kappa shape index (κ1) is 31.9. The second kappa shape index (κ2) is 13.0. The van der Waals surface area contributed by atoms with Gasteiger partial charge in [-0.3, -0.25) is 0 Å². The van der Waals surface area contributed by atoms with Crippen molar-refractivity contribution in [2.45, 2.75) is 0 Å². The number of furan rings is 2. The average molecular weight is 718 g/mol. The standard InChI is InChI=1S/C51H31N3O2/c1-4-13-32(14-5-1)35-24-26-46-44(30-35)41-25-23-36(31-47(41)55-46)49-52-50(54-51(53-49)43-21-12-20-42-40-19-10-11-22-45(40)56-48(42)43)39-28-37(33-15-6-2-7-16-33)27-38(29-39)34-17-8-3-9-18-34/h1-31H. The van der Waals surface area contributed by atoms with Gasteiger partial charge < -0.3 is 8.83 Å². The van der Waals surface area contributed by atoms with E-state index >= 15 is 0 Å². The molecule has 0 saturated heterocycles. The number of nitrogens with zero attached hydrogens (tertiary/aromatic N) is 3. The highest BCUT2D eigenvalue weighted by Gasteiger charge is 2.20. The highest BCUT2D eigenvalue weighted by atomic mass is 16.3. The third kappa shape index (κ3) is 5.53. The molecule has 262 valence electrons. The van der Waals surface area contributed by atoms with Crippen LogP contribution in [0.1, 0.15) is 0 Å². The molecule has 11 rings (SSSR count). The number of fused-ring (bicyclic) bond motifs is 6. The van der Waals surface area contributed by atoms with Crippen LogP contribution >= 0.6 is 0 Å².